The van der Waals surface area contributed by atoms with Gasteiger partial charge in [0.1, 0.15) is 12.2 Å². The Labute approximate surface area is 117 Å². The van der Waals surface area contributed by atoms with E-state index in [0.29, 0.717) is 10.7 Å². The molecule has 0 saturated heterocycles. The zero-order valence-electron chi connectivity index (χ0n) is 11.1. The van der Waals surface area contributed by atoms with Crippen LogP contribution in [0.15, 0.2) is 24.9 Å². The molecule has 0 spiro atoms. The Morgan fingerprint density at radius 3 is 2.74 bits per heavy atom. The summed E-state index contributed by atoms with van der Waals surface area (Å²) in [5, 5.41) is 0.473. The van der Waals surface area contributed by atoms with Crippen molar-refractivity contribution in [2.24, 2.45) is 7.05 Å². The van der Waals surface area contributed by atoms with Gasteiger partial charge in [-0.3, -0.25) is 9.59 Å². The van der Waals surface area contributed by atoms with Crippen LogP contribution in [-0.2, 0) is 16.6 Å². The highest BCUT2D eigenvalue weighted by molar-refractivity contribution is 6.31. The lowest BCUT2D eigenvalue weighted by molar-refractivity contribution is -0.143. The second-order valence-corrected chi connectivity index (χ2v) is 4.37. The number of esters is 1. The van der Waals surface area contributed by atoms with Crippen LogP contribution < -0.4 is 0 Å². The van der Waals surface area contributed by atoms with Crippen molar-refractivity contribution in [2.75, 3.05) is 19.7 Å². The third-order valence-electron chi connectivity index (χ3n) is 2.45. The molecule has 0 atom stereocenters. The van der Waals surface area contributed by atoms with Crippen LogP contribution in [0.5, 0.6) is 0 Å². The zero-order valence-corrected chi connectivity index (χ0v) is 11.8. The van der Waals surface area contributed by atoms with E-state index in [1.807, 2.05) is 0 Å². The average Bonchev–Trinajstić information content (AvgIpc) is 2.67. The Kier molecular flexibility index (Phi) is 5.63. The summed E-state index contributed by atoms with van der Waals surface area (Å²) >= 11 is 5.84. The van der Waals surface area contributed by atoms with Gasteiger partial charge in [-0.05, 0) is 13.0 Å². The van der Waals surface area contributed by atoms with Gasteiger partial charge >= 0.3 is 5.97 Å². The summed E-state index contributed by atoms with van der Waals surface area (Å²) in [6, 6.07) is 1.56. The van der Waals surface area contributed by atoms with Crippen LogP contribution in [-0.4, -0.2) is 41.0 Å². The second kappa shape index (κ2) is 6.99. The molecule has 0 radical (unpaired) electrons. The van der Waals surface area contributed by atoms with E-state index in [1.54, 1.807) is 36.9 Å². The lowest BCUT2D eigenvalue weighted by atomic mass is 10.3. The van der Waals surface area contributed by atoms with E-state index < -0.39 is 5.97 Å². The van der Waals surface area contributed by atoms with Crippen LogP contribution in [0.25, 0.3) is 0 Å². The largest absolute Gasteiger partial charge is 0.465 e. The van der Waals surface area contributed by atoms with Crippen molar-refractivity contribution >= 4 is 23.5 Å². The summed E-state index contributed by atoms with van der Waals surface area (Å²) in [4.78, 5) is 25.1. The van der Waals surface area contributed by atoms with E-state index in [9.17, 15) is 9.59 Å². The molecule has 1 aromatic rings. The van der Waals surface area contributed by atoms with Crippen LogP contribution in [0.1, 0.15) is 17.4 Å². The average molecular weight is 285 g/mol. The van der Waals surface area contributed by atoms with E-state index in [4.69, 9.17) is 16.3 Å². The first-order chi connectivity index (χ1) is 8.99. The molecule has 1 amide bonds. The minimum atomic E-state index is -0.446. The number of hydrogen-bond acceptors (Lipinski definition) is 3. The predicted octanol–water partition coefficient (Wildman–Crippen LogP) is 1.87. The van der Waals surface area contributed by atoms with Crippen LogP contribution in [0.3, 0.4) is 0 Å². The fourth-order valence-corrected chi connectivity index (χ4v) is 1.89. The maximum atomic E-state index is 12.3. The van der Waals surface area contributed by atoms with Gasteiger partial charge in [-0.15, -0.1) is 6.58 Å². The monoisotopic (exact) mass is 284 g/mol. The predicted molar refractivity (Wildman–Crippen MR) is 73.2 cm³/mol. The van der Waals surface area contributed by atoms with Crippen molar-refractivity contribution in [3.05, 3.63) is 35.6 Å². The summed E-state index contributed by atoms with van der Waals surface area (Å²) in [7, 11) is 1.72. The Morgan fingerprint density at radius 2 is 2.26 bits per heavy atom. The van der Waals surface area contributed by atoms with Gasteiger partial charge in [0.15, 0.2) is 0 Å². The summed E-state index contributed by atoms with van der Waals surface area (Å²) < 4.78 is 6.46. The lowest BCUT2D eigenvalue weighted by Crippen LogP contribution is -2.37. The van der Waals surface area contributed by atoms with Crippen LogP contribution >= 0.6 is 11.6 Å². The van der Waals surface area contributed by atoms with Gasteiger partial charge in [-0.1, -0.05) is 17.7 Å². The highest BCUT2D eigenvalue weighted by Gasteiger charge is 2.21. The third kappa shape index (κ3) is 4.13. The molecule has 5 nitrogen and oxygen atoms in total. The Morgan fingerprint density at radius 1 is 1.58 bits per heavy atom. The molecule has 6 heteroatoms. The van der Waals surface area contributed by atoms with Gasteiger partial charge < -0.3 is 14.2 Å². The van der Waals surface area contributed by atoms with E-state index in [2.05, 4.69) is 6.58 Å². The number of aromatic nitrogens is 1. The van der Waals surface area contributed by atoms with Gasteiger partial charge in [0.25, 0.3) is 5.91 Å². The van der Waals surface area contributed by atoms with E-state index in [0.717, 1.165) is 0 Å². The summed E-state index contributed by atoms with van der Waals surface area (Å²) in [6.07, 6.45) is 3.19. The fourth-order valence-electron chi connectivity index (χ4n) is 1.64. The van der Waals surface area contributed by atoms with Crippen LogP contribution in [0, 0.1) is 0 Å². The minimum Gasteiger partial charge on any atom is -0.465 e. The Hall–Kier alpha value is -1.75. The standard InChI is InChI=1S/C13H17ClN2O3/c1-4-6-16(9-12(17)19-5-2)13(18)11-7-10(14)8-15(11)3/h4,7-8H,1,5-6,9H2,2-3H3. The van der Waals surface area contributed by atoms with Crippen molar-refractivity contribution in [3.8, 4) is 0 Å². The quantitative estimate of drug-likeness (QED) is 0.592. The first-order valence-corrected chi connectivity index (χ1v) is 6.25. The maximum absolute atomic E-state index is 12.3. The molecule has 0 aliphatic heterocycles. The summed E-state index contributed by atoms with van der Waals surface area (Å²) in [5.74, 6) is -0.736. The topological polar surface area (TPSA) is 51.5 Å². The van der Waals surface area contributed by atoms with Gasteiger partial charge in [0.05, 0.1) is 11.6 Å². The molecule has 1 heterocycles. The Bertz CT molecular complexity index is 482. The first-order valence-electron chi connectivity index (χ1n) is 5.87. The van der Waals surface area contributed by atoms with Crippen LogP contribution in [0.4, 0.5) is 0 Å². The highest BCUT2D eigenvalue weighted by atomic mass is 35.5. The fraction of sp³-hybridized carbons (Fsp3) is 0.385. The molecule has 0 unspecified atom stereocenters. The van der Waals surface area contributed by atoms with Crippen molar-refractivity contribution in [3.63, 3.8) is 0 Å². The molecule has 0 aliphatic carbocycles. The normalized spacial score (nSPS) is 10.1. The number of carbonyl (C=O) groups is 2. The molecule has 104 valence electrons. The van der Waals surface area contributed by atoms with Crippen molar-refractivity contribution in [2.45, 2.75) is 6.92 Å². The van der Waals surface area contributed by atoms with Crippen LogP contribution in [0.2, 0.25) is 5.02 Å². The number of halogens is 1. The molecule has 0 saturated carbocycles. The first kappa shape index (κ1) is 15.3. The third-order valence-corrected chi connectivity index (χ3v) is 2.66. The molecule has 0 fully saturated rings. The minimum absolute atomic E-state index is 0.110. The van der Waals surface area contributed by atoms with E-state index in [1.165, 1.54) is 4.90 Å². The van der Waals surface area contributed by atoms with E-state index >= 15 is 0 Å². The number of rotatable bonds is 6. The zero-order chi connectivity index (χ0) is 14.4. The molecule has 1 aromatic heterocycles. The molecule has 1 rings (SSSR count). The van der Waals surface area contributed by atoms with Crippen molar-refractivity contribution in [1.29, 1.82) is 0 Å². The smallest absolute Gasteiger partial charge is 0.325 e. The SMILES string of the molecule is C=CCN(CC(=O)OCC)C(=O)c1cc(Cl)cn1C. The van der Waals surface area contributed by atoms with Crippen molar-refractivity contribution in [1.82, 2.24) is 9.47 Å². The summed E-state index contributed by atoms with van der Waals surface area (Å²) in [5.41, 5.74) is 0.413. The van der Waals surface area contributed by atoms with Gasteiger partial charge in [-0.25, -0.2) is 0 Å². The Balaban J connectivity index is 2.86. The second-order valence-electron chi connectivity index (χ2n) is 3.93. The molecule has 0 aromatic carbocycles. The molecular weight excluding hydrogens is 268 g/mol. The molecule has 0 N–H and O–H groups in total. The van der Waals surface area contributed by atoms with Gasteiger partial charge in [0, 0.05) is 19.8 Å². The van der Waals surface area contributed by atoms with Gasteiger partial charge in [-0.2, -0.15) is 0 Å². The molecule has 0 bridgehead atoms. The number of ether oxygens (including phenoxy) is 1. The molecule has 19 heavy (non-hydrogen) atoms. The number of carbonyl (C=O) groups excluding carboxylic acids is 2. The number of nitrogens with zero attached hydrogens (tertiary/aromatic N) is 2. The maximum Gasteiger partial charge on any atom is 0.325 e. The number of aryl methyl sites for hydroxylation is 1. The molecular formula is C13H17ClN2O3. The highest BCUT2D eigenvalue weighted by Crippen LogP contribution is 2.14. The van der Waals surface area contributed by atoms with Gasteiger partial charge in [0.2, 0.25) is 0 Å². The number of hydrogen-bond donors (Lipinski definition) is 0. The lowest BCUT2D eigenvalue weighted by Gasteiger charge is -2.20. The number of amides is 1. The van der Waals surface area contributed by atoms with E-state index in [-0.39, 0.29) is 25.6 Å². The van der Waals surface area contributed by atoms with Crippen molar-refractivity contribution < 1.29 is 14.3 Å². The molecule has 0 aliphatic rings. The summed E-state index contributed by atoms with van der Waals surface area (Å²) in [6.45, 7) is 5.73.